The lowest BCUT2D eigenvalue weighted by atomic mass is 10.2. The fourth-order valence-electron chi connectivity index (χ4n) is 1.38. The summed E-state index contributed by atoms with van der Waals surface area (Å²) >= 11 is 0.888. The van der Waals surface area contributed by atoms with Crippen molar-refractivity contribution in [3.63, 3.8) is 0 Å². The smallest absolute Gasteiger partial charge is 0.306 e. The second-order valence-electron chi connectivity index (χ2n) is 3.95. The second-order valence-corrected chi connectivity index (χ2v) is 5.38. The average molecular weight is 314 g/mol. The van der Waals surface area contributed by atoms with Crippen molar-refractivity contribution < 1.29 is 31.5 Å². The molecule has 1 aromatic rings. The number of ether oxygens (including phenoxy) is 1. The third-order valence-corrected chi connectivity index (χ3v) is 3.69. The molecule has 0 bridgehead atoms. The number of thioether (sulfide) groups is 1. The van der Waals surface area contributed by atoms with Crippen molar-refractivity contribution in [1.29, 1.82) is 0 Å². The minimum Gasteiger partial charge on any atom is -0.469 e. The van der Waals surface area contributed by atoms with E-state index >= 15 is 0 Å². The van der Waals surface area contributed by atoms with E-state index in [0.717, 1.165) is 11.8 Å². The highest BCUT2D eigenvalue weighted by molar-refractivity contribution is 7.99. The summed E-state index contributed by atoms with van der Waals surface area (Å²) in [6.45, 7) is 1.58. The molecule has 112 valence electrons. The summed E-state index contributed by atoms with van der Waals surface area (Å²) in [4.78, 5) is 11.0. The third kappa shape index (κ3) is 3.62. The van der Waals surface area contributed by atoms with Crippen molar-refractivity contribution >= 4 is 17.7 Å². The fourth-order valence-corrected chi connectivity index (χ4v) is 2.34. The molecule has 1 unspecified atom stereocenters. The van der Waals surface area contributed by atoms with Gasteiger partial charge in [0.15, 0.2) is 23.3 Å². The van der Waals surface area contributed by atoms with Gasteiger partial charge in [0.25, 0.3) is 0 Å². The second kappa shape index (κ2) is 6.92. The number of halogens is 5. The predicted octanol–water partition coefficient (Wildman–Crippen LogP) is 3.57. The Balaban J connectivity index is 2.86. The molecule has 2 nitrogen and oxygen atoms in total. The molecule has 1 aromatic carbocycles. The zero-order chi connectivity index (χ0) is 15.4. The van der Waals surface area contributed by atoms with Crippen molar-refractivity contribution in [3.8, 4) is 0 Å². The molecule has 0 saturated heterocycles. The van der Waals surface area contributed by atoms with Crippen LogP contribution < -0.4 is 0 Å². The minimum absolute atomic E-state index is 0.0312. The molecule has 0 aliphatic heterocycles. The van der Waals surface area contributed by atoms with E-state index in [1.54, 1.807) is 6.92 Å². The van der Waals surface area contributed by atoms with Gasteiger partial charge in [0.05, 0.1) is 13.5 Å². The fraction of sp³-hybridized carbons (Fsp3) is 0.417. The summed E-state index contributed by atoms with van der Waals surface area (Å²) < 4.78 is 69.8. The molecule has 0 heterocycles. The first-order valence-corrected chi connectivity index (χ1v) is 6.53. The molecule has 0 aliphatic carbocycles. The van der Waals surface area contributed by atoms with Gasteiger partial charge < -0.3 is 4.74 Å². The van der Waals surface area contributed by atoms with Crippen LogP contribution in [-0.4, -0.2) is 18.3 Å². The first kappa shape index (κ1) is 16.7. The highest BCUT2D eigenvalue weighted by Crippen LogP contribution is 2.28. The van der Waals surface area contributed by atoms with Crippen LogP contribution in [0.2, 0.25) is 0 Å². The number of rotatable bonds is 5. The molecule has 8 heteroatoms. The highest BCUT2D eigenvalue weighted by Gasteiger charge is 2.26. The number of hydrogen-bond acceptors (Lipinski definition) is 3. The van der Waals surface area contributed by atoms with E-state index in [9.17, 15) is 26.7 Å². The Morgan fingerprint density at radius 1 is 1.05 bits per heavy atom. The zero-order valence-electron chi connectivity index (χ0n) is 10.6. The van der Waals surface area contributed by atoms with Gasteiger partial charge in [-0.3, -0.25) is 4.79 Å². The van der Waals surface area contributed by atoms with Gasteiger partial charge in [-0.2, -0.15) is 11.8 Å². The molecule has 20 heavy (non-hydrogen) atoms. The van der Waals surface area contributed by atoms with Crippen molar-refractivity contribution in [2.75, 3.05) is 7.11 Å². The minimum atomic E-state index is -2.18. The maximum Gasteiger partial charge on any atom is 0.306 e. The van der Waals surface area contributed by atoms with Gasteiger partial charge >= 0.3 is 5.97 Å². The van der Waals surface area contributed by atoms with Crippen LogP contribution in [0.3, 0.4) is 0 Å². The van der Waals surface area contributed by atoms with Gasteiger partial charge in [-0.05, 0) is 0 Å². The summed E-state index contributed by atoms with van der Waals surface area (Å²) in [5, 5.41) is -0.391. The van der Waals surface area contributed by atoms with Crippen LogP contribution in [0.15, 0.2) is 0 Å². The number of methoxy groups -OCH3 is 1. The van der Waals surface area contributed by atoms with Crippen molar-refractivity contribution in [1.82, 2.24) is 0 Å². The Morgan fingerprint density at radius 3 is 1.95 bits per heavy atom. The molecule has 0 N–H and O–H groups in total. The Bertz CT molecular complexity index is 492. The van der Waals surface area contributed by atoms with E-state index in [1.165, 1.54) is 7.11 Å². The average Bonchev–Trinajstić information content (AvgIpc) is 2.42. The molecule has 0 radical (unpaired) electrons. The highest BCUT2D eigenvalue weighted by atomic mass is 32.2. The van der Waals surface area contributed by atoms with E-state index in [1.807, 2.05) is 0 Å². The van der Waals surface area contributed by atoms with Gasteiger partial charge in [0.1, 0.15) is 0 Å². The Kier molecular flexibility index (Phi) is 5.79. The summed E-state index contributed by atoms with van der Waals surface area (Å²) in [5.41, 5.74) is -0.900. The Labute approximate surface area is 116 Å². The molecule has 0 saturated carbocycles. The Morgan fingerprint density at radius 2 is 1.50 bits per heavy atom. The third-order valence-electron chi connectivity index (χ3n) is 2.49. The van der Waals surface area contributed by atoms with Crippen LogP contribution in [-0.2, 0) is 15.3 Å². The van der Waals surface area contributed by atoms with E-state index < -0.39 is 51.6 Å². The molecular weight excluding hydrogens is 303 g/mol. The molecule has 0 amide bonds. The van der Waals surface area contributed by atoms with Gasteiger partial charge in [0.2, 0.25) is 5.82 Å². The molecule has 0 spiro atoms. The number of carbonyl (C=O) groups excluding carboxylic acids is 1. The van der Waals surface area contributed by atoms with Crippen molar-refractivity contribution in [2.45, 2.75) is 24.3 Å². The van der Waals surface area contributed by atoms with Crippen LogP contribution in [0, 0.1) is 29.1 Å². The van der Waals surface area contributed by atoms with Crippen LogP contribution >= 0.6 is 11.8 Å². The quantitative estimate of drug-likeness (QED) is 0.360. The number of esters is 1. The maximum absolute atomic E-state index is 13.4. The van der Waals surface area contributed by atoms with Crippen LogP contribution in [0.1, 0.15) is 18.9 Å². The summed E-state index contributed by atoms with van der Waals surface area (Å²) in [6.07, 6.45) is -0.0312. The van der Waals surface area contributed by atoms with Gasteiger partial charge in [0, 0.05) is 16.6 Å². The van der Waals surface area contributed by atoms with Crippen LogP contribution in [0.5, 0.6) is 0 Å². The van der Waals surface area contributed by atoms with E-state index in [2.05, 4.69) is 4.74 Å². The molecule has 0 aromatic heterocycles. The standard InChI is InChI=1S/C12H11F5O2S/c1-5(3-7(18)19-2)20-4-6-8(13)10(15)12(17)11(16)9(6)14/h5H,3-4H2,1-2H3. The lowest BCUT2D eigenvalue weighted by Gasteiger charge is -2.12. The zero-order valence-corrected chi connectivity index (χ0v) is 11.4. The molecule has 0 aliphatic rings. The SMILES string of the molecule is COC(=O)CC(C)SCc1c(F)c(F)c(F)c(F)c1F. The normalized spacial score (nSPS) is 12.3. The molecule has 1 atom stereocenters. The predicted molar refractivity (Wildman–Crippen MR) is 63.6 cm³/mol. The number of hydrogen-bond donors (Lipinski definition) is 0. The number of carbonyl (C=O) groups is 1. The van der Waals surface area contributed by atoms with Crippen molar-refractivity contribution in [2.24, 2.45) is 0 Å². The Hall–Kier alpha value is -1.31. The summed E-state index contributed by atoms with van der Waals surface area (Å²) in [5.74, 6) is -10.8. The molecule has 1 rings (SSSR count). The topological polar surface area (TPSA) is 26.3 Å². The first-order valence-electron chi connectivity index (χ1n) is 5.48. The van der Waals surface area contributed by atoms with E-state index in [0.29, 0.717) is 0 Å². The van der Waals surface area contributed by atoms with E-state index in [4.69, 9.17) is 0 Å². The summed E-state index contributed by atoms with van der Waals surface area (Å²) in [6, 6.07) is 0. The van der Waals surface area contributed by atoms with Crippen LogP contribution in [0.4, 0.5) is 22.0 Å². The molecular formula is C12H11F5O2S. The monoisotopic (exact) mass is 314 g/mol. The summed E-state index contributed by atoms with van der Waals surface area (Å²) in [7, 11) is 1.18. The van der Waals surface area contributed by atoms with Crippen molar-refractivity contribution in [3.05, 3.63) is 34.6 Å². The van der Waals surface area contributed by atoms with Crippen LogP contribution in [0.25, 0.3) is 0 Å². The van der Waals surface area contributed by atoms with Gasteiger partial charge in [-0.1, -0.05) is 6.92 Å². The van der Waals surface area contributed by atoms with Gasteiger partial charge in [-0.25, -0.2) is 22.0 Å². The lowest BCUT2D eigenvalue weighted by molar-refractivity contribution is -0.140. The van der Waals surface area contributed by atoms with Gasteiger partial charge in [-0.15, -0.1) is 0 Å². The largest absolute Gasteiger partial charge is 0.469 e. The molecule has 0 fully saturated rings. The maximum atomic E-state index is 13.4. The number of benzene rings is 1. The first-order chi connectivity index (χ1) is 9.29. The lowest BCUT2D eigenvalue weighted by Crippen LogP contribution is -2.11. The van der Waals surface area contributed by atoms with E-state index in [-0.39, 0.29) is 6.42 Å².